The predicted molar refractivity (Wildman–Crippen MR) is 239 cm³/mol. The summed E-state index contributed by atoms with van der Waals surface area (Å²) in [5, 5.41) is 7.01. The number of nitrogens with zero attached hydrogens (tertiary/aromatic N) is 2. The summed E-state index contributed by atoms with van der Waals surface area (Å²) in [5.74, 6) is 0.716. The van der Waals surface area contributed by atoms with E-state index < -0.39 is 0 Å². The Hall–Kier alpha value is -7.16. The summed E-state index contributed by atoms with van der Waals surface area (Å²) in [4.78, 5) is 10.7. The second kappa shape index (κ2) is 13.0. The lowest BCUT2D eigenvalue weighted by Gasteiger charge is -2.24. The first-order chi connectivity index (χ1) is 28.0. The number of benzene rings is 9. The Morgan fingerprint density at radius 3 is 1.53 bits per heavy atom. The molecule has 1 aromatic heterocycles. The lowest BCUT2D eigenvalue weighted by molar-refractivity contribution is 0.662. The Kier molecular flexibility index (Phi) is 7.55. The average molecular weight is 727 g/mol. The van der Waals surface area contributed by atoms with E-state index in [0.29, 0.717) is 5.82 Å². The highest BCUT2D eigenvalue weighted by molar-refractivity contribution is 6.06. The number of rotatable bonds is 5. The van der Waals surface area contributed by atoms with E-state index in [-0.39, 0.29) is 5.41 Å². The predicted octanol–water partition coefficient (Wildman–Crippen LogP) is 14.6. The van der Waals surface area contributed by atoms with Crippen LogP contribution in [0.5, 0.6) is 0 Å². The van der Waals surface area contributed by atoms with Crippen molar-refractivity contribution in [3.63, 3.8) is 0 Å². The van der Waals surface area contributed by atoms with E-state index in [4.69, 9.17) is 9.97 Å². The lowest BCUT2D eigenvalue weighted by atomic mass is 9.78. The maximum Gasteiger partial charge on any atom is 0.161 e. The van der Waals surface area contributed by atoms with Crippen LogP contribution in [0, 0.1) is 0 Å². The van der Waals surface area contributed by atoms with Gasteiger partial charge in [0.1, 0.15) is 0 Å². The average Bonchev–Trinajstić information content (AvgIpc) is 3.51. The van der Waals surface area contributed by atoms with E-state index in [9.17, 15) is 0 Å². The SMILES string of the molecule is CC1(C)c2ccccc2-c2cccc(-c3cccc(-c4ccc(-c5cc(-c6cccc7ccccc67)nc(-c6cccc7ccccc67)n5)c5ccccc45)c3)c21. The zero-order valence-corrected chi connectivity index (χ0v) is 31.9. The molecule has 9 aromatic carbocycles. The van der Waals surface area contributed by atoms with Crippen LogP contribution in [0.25, 0.3) is 99.6 Å². The quantitative estimate of drug-likeness (QED) is 0.176. The molecule has 0 aliphatic heterocycles. The van der Waals surface area contributed by atoms with Crippen molar-refractivity contribution in [1.29, 1.82) is 0 Å². The second-order valence-corrected chi connectivity index (χ2v) is 15.7. The molecule has 1 aliphatic rings. The van der Waals surface area contributed by atoms with Crippen LogP contribution in [-0.2, 0) is 5.41 Å². The van der Waals surface area contributed by atoms with Crippen molar-refractivity contribution < 1.29 is 0 Å². The van der Waals surface area contributed by atoms with Crippen molar-refractivity contribution in [2.45, 2.75) is 19.3 Å². The van der Waals surface area contributed by atoms with Gasteiger partial charge in [-0.2, -0.15) is 0 Å². The minimum atomic E-state index is -0.0970. The molecule has 0 saturated heterocycles. The molecule has 11 rings (SSSR count). The molecule has 268 valence electrons. The molecule has 0 amide bonds. The maximum atomic E-state index is 5.39. The zero-order chi connectivity index (χ0) is 38.1. The molecule has 10 aromatic rings. The Balaban J connectivity index is 1.09. The standard InChI is InChI=1S/C55H38N2/c1-55(2)50-30-10-9-25-45(50)48-28-14-26-42(53(48)55)38-20-11-19-37(33-38)41-31-32-47(44-24-8-7-23-43(41)44)52-34-51(46-27-12-17-35-15-3-5-21-39(35)46)56-54(57-52)49-29-13-18-36-16-4-6-22-40(36)49/h3-34H,1-2H3. The van der Waals surface area contributed by atoms with Gasteiger partial charge in [0, 0.05) is 22.1 Å². The molecule has 0 bridgehead atoms. The minimum Gasteiger partial charge on any atom is -0.228 e. The topological polar surface area (TPSA) is 25.8 Å². The Morgan fingerprint density at radius 2 is 0.789 bits per heavy atom. The molecular formula is C55H38N2. The first kappa shape index (κ1) is 33.2. The van der Waals surface area contributed by atoms with E-state index in [0.717, 1.165) is 38.9 Å². The number of aromatic nitrogens is 2. The Labute approximate surface area is 332 Å². The van der Waals surface area contributed by atoms with E-state index >= 15 is 0 Å². The highest BCUT2D eigenvalue weighted by Gasteiger charge is 2.37. The van der Waals surface area contributed by atoms with Crippen molar-refractivity contribution in [1.82, 2.24) is 9.97 Å². The first-order valence-corrected chi connectivity index (χ1v) is 19.7. The maximum absolute atomic E-state index is 5.39. The van der Waals surface area contributed by atoms with Gasteiger partial charge in [-0.1, -0.05) is 196 Å². The molecule has 1 heterocycles. The summed E-state index contributed by atoms with van der Waals surface area (Å²) in [5.41, 5.74) is 15.3. The number of hydrogen-bond donors (Lipinski definition) is 0. The third-order valence-electron chi connectivity index (χ3n) is 12.1. The third kappa shape index (κ3) is 5.33. The van der Waals surface area contributed by atoms with Crippen LogP contribution in [0.1, 0.15) is 25.0 Å². The smallest absolute Gasteiger partial charge is 0.161 e. The largest absolute Gasteiger partial charge is 0.228 e. The van der Waals surface area contributed by atoms with E-state index in [1.54, 1.807) is 0 Å². The van der Waals surface area contributed by atoms with Crippen LogP contribution >= 0.6 is 0 Å². The van der Waals surface area contributed by atoms with Gasteiger partial charge in [-0.05, 0) is 89.0 Å². The van der Waals surface area contributed by atoms with Gasteiger partial charge in [0.15, 0.2) is 5.82 Å². The van der Waals surface area contributed by atoms with Gasteiger partial charge >= 0.3 is 0 Å². The fraction of sp³-hybridized carbons (Fsp3) is 0.0545. The van der Waals surface area contributed by atoms with E-state index in [1.807, 2.05) is 0 Å². The Morgan fingerprint density at radius 1 is 0.333 bits per heavy atom. The van der Waals surface area contributed by atoms with Crippen molar-refractivity contribution in [2.24, 2.45) is 0 Å². The summed E-state index contributed by atoms with van der Waals surface area (Å²) in [6, 6.07) is 70.1. The van der Waals surface area contributed by atoms with Gasteiger partial charge < -0.3 is 0 Å². The molecule has 2 heteroatoms. The highest BCUT2D eigenvalue weighted by atomic mass is 14.9. The molecule has 0 radical (unpaired) electrons. The Bertz CT molecular complexity index is 3120. The van der Waals surface area contributed by atoms with Crippen LogP contribution < -0.4 is 0 Å². The summed E-state index contributed by atoms with van der Waals surface area (Å²) >= 11 is 0. The summed E-state index contributed by atoms with van der Waals surface area (Å²) in [6.07, 6.45) is 0. The zero-order valence-electron chi connectivity index (χ0n) is 31.9. The lowest BCUT2D eigenvalue weighted by Crippen LogP contribution is -2.16. The second-order valence-electron chi connectivity index (χ2n) is 15.7. The summed E-state index contributed by atoms with van der Waals surface area (Å²) in [7, 11) is 0. The monoisotopic (exact) mass is 726 g/mol. The fourth-order valence-electron chi connectivity index (χ4n) is 9.43. The van der Waals surface area contributed by atoms with Crippen molar-refractivity contribution in [3.8, 4) is 67.3 Å². The fourth-order valence-corrected chi connectivity index (χ4v) is 9.43. The van der Waals surface area contributed by atoms with Crippen LogP contribution in [-0.4, -0.2) is 9.97 Å². The van der Waals surface area contributed by atoms with E-state index in [2.05, 4.69) is 208 Å². The third-order valence-corrected chi connectivity index (χ3v) is 12.1. The molecule has 1 aliphatic carbocycles. The van der Waals surface area contributed by atoms with Crippen molar-refractivity contribution >= 4 is 32.3 Å². The van der Waals surface area contributed by atoms with Crippen LogP contribution in [0.15, 0.2) is 194 Å². The molecule has 0 N–H and O–H groups in total. The normalized spacial score (nSPS) is 12.9. The highest BCUT2D eigenvalue weighted by Crippen LogP contribution is 2.52. The molecule has 0 saturated carbocycles. The van der Waals surface area contributed by atoms with Gasteiger partial charge in [0.2, 0.25) is 0 Å². The molecule has 2 nitrogen and oxygen atoms in total. The molecule has 57 heavy (non-hydrogen) atoms. The molecule has 0 unspecified atom stereocenters. The molecule has 0 fully saturated rings. The van der Waals surface area contributed by atoms with Gasteiger partial charge in [-0.25, -0.2) is 9.97 Å². The van der Waals surface area contributed by atoms with Gasteiger partial charge in [0.05, 0.1) is 11.4 Å². The van der Waals surface area contributed by atoms with E-state index in [1.165, 1.54) is 66.1 Å². The first-order valence-electron chi connectivity index (χ1n) is 19.7. The number of hydrogen-bond acceptors (Lipinski definition) is 2. The van der Waals surface area contributed by atoms with Crippen LogP contribution in [0.2, 0.25) is 0 Å². The number of fused-ring (bicyclic) bond motifs is 6. The van der Waals surface area contributed by atoms with Gasteiger partial charge in [-0.3, -0.25) is 0 Å². The van der Waals surface area contributed by atoms with Crippen molar-refractivity contribution in [3.05, 3.63) is 205 Å². The van der Waals surface area contributed by atoms with Crippen LogP contribution in [0.4, 0.5) is 0 Å². The molecular weight excluding hydrogens is 689 g/mol. The van der Waals surface area contributed by atoms with Crippen LogP contribution in [0.3, 0.4) is 0 Å². The molecule has 0 spiro atoms. The summed E-state index contributed by atoms with van der Waals surface area (Å²) < 4.78 is 0. The summed E-state index contributed by atoms with van der Waals surface area (Å²) in [6.45, 7) is 4.73. The molecule has 0 atom stereocenters. The van der Waals surface area contributed by atoms with Crippen molar-refractivity contribution in [2.75, 3.05) is 0 Å². The van der Waals surface area contributed by atoms with Gasteiger partial charge in [0.25, 0.3) is 0 Å². The minimum absolute atomic E-state index is 0.0970. The van der Waals surface area contributed by atoms with Gasteiger partial charge in [-0.15, -0.1) is 0 Å².